The number of benzene rings is 1. The number of carboxylic acid groups (broad SMARTS) is 1. The molecule has 1 aliphatic rings. The summed E-state index contributed by atoms with van der Waals surface area (Å²) in [5.74, 6) is -2.79. The molecule has 0 unspecified atom stereocenters. The normalized spacial score (nSPS) is 14.2. The highest BCUT2D eigenvalue weighted by Gasteiger charge is 2.27. The van der Waals surface area contributed by atoms with Gasteiger partial charge in [-0.25, -0.2) is 4.79 Å². The minimum Gasteiger partial charge on any atom is -0.546 e. The standard InChI is InChI=1S/C13H8Br2N2O6/c14-7-2-5(3-8(15)10(7)23-4-9(18)19)1-6-11(20)16-13(22)17-12(6)21/h1-3H,4H2,(H,18,19)(H2,16,17,20,21,22)/p-1. The number of imide groups is 2. The van der Waals surface area contributed by atoms with Gasteiger partial charge in [-0.2, -0.15) is 0 Å². The highest BCUT2D eigenvalue weighted by atomic mass is 79.9. The summed E-state index contributed by atoms with van der Waals surface area (Å²) in [4.78, 5) is 44.7. The van der Waals surface area contributed by atoms with Crippen molar-refractivity contribution in [2.75, 3.05) is 6.61 Å². The number of hydrogen-bond donors (Lipinski definition) is 2. The lowest BCUT2D eigenvalue weighted by Crippen LogP contribution is -2.51. The van der Waals surface area contributed by atoms with Gasteiger partial charge in [0.25, 0.3) is 11.8 Å². The number of amides is 4. The number of nitrogens with one attached hydrogen (secondary N) is 2. The Morgan fingerprint density at radius 1 is 1.13 bits per heavy atom. The van der Waals surface area contributed by atoms with Crippen LogP contribution in [0.15, 0.2) is 26.7 Å². The van der Waals surface area contributed by atoms with Gasteiger partial charge in [0, 0.05) is 0 Å². The van der Waals surface area contributed by atoms with Crippen LogP contribution in [-0.2, 0) is 14.4 Å². The Morgan fingerprint density at radius 2 is 1.65 bits per heavy atom. The highest BCUT2D eigenvalue weighted by molar-refractivity contribution is 9.11. The molecule has 1 fully saturated rings. The summed E-state index contributed by atoms with van der Waals surface area (Å²) < 4.78 is 5.84. The molecule has 8 nitrogen and oxygen atoms in total. The molecular weight excluding hydrogens is 440 g/mol. The van der Waals surface area contributed by atoms with Crippen molar-refractivity contribution < 1.29 is 29.0 Å². The minimum absolute atomic E-state index is 0.226. The van der Waals surface area contributed by atoms with Crippen LogP contribution in [0.25, 0.3) is 6.08 Å². The molecule has 1 aromatic carbocycles. The van der Waals surface area contributed by atoms with E-state index in [4.69, 9.17) is 4.74 Å². The quantitative estimate of drug-likeness (QED) is 0.498. The van der Waals surface area contributed by atoms with Gasteiger partial charge in [-0.05, 0) is 55.6 Å². The van der Waals surface area contributed by atoms with Crippen LogP contribution in [0.2, 0.25) is 0 Å². The molecule has 1 heterocycles. The minimum atomic E-state index is -1.38. The molecule has 1 saturated heterocycles. The average molecular weight is 447 g/mol. The van der Waals surface area contributed by atoms with Gasteiger partial charge in [0.15, 0.2) is 0 Å². The smallest absolute Gasteiger partial charge is 0.328 e. The molecule has 0 spiro atoms. The van der Waals surface area contributed by atoms with Crippen molar-refractivity contribution in [1.29, 1.82) is 0 Å². The molecule has 2 rings (SSSR count). The zero-order valence-electron chi connectivity index (χ0n) is 11.1. The number of carboxylic acids is 1. The van der Waals surface area contributed by atoms with E-state index in [0.717, 1.165) is 0 Å². The maximum absolute atomic E-state index is 11.7. The summed E-state index contributed by atoms with van der Waals surface area (Å²) in [7, 11) is 0. The van der Waals surface area contributed by atoms with Gasteiger partial charge in [0.05, 0.1) is 14.9 Å². The number of carbonyl (C=O) groups is 4. The van der Waals surface area contributed by atoms with Crippen LogP contribution in [-0.4, -0.2) is 30.4 Å². The van der Waals surface area contributed by atoms with Crippen molar-refractivity contribution in [3.63, 3.8) is 0 Å². The van der Waals surface area contributed by atoms with Gasteiger partial charge >= 0.3 is 6.03 Å². The van der Waals surface area contributed by atoms with E-state index < -0.39 is 30.4 Å². The number of carbonyl (C=O) groups excluding carboxylic acids is 4. The third-order valence-electron chi connectivity index (χ3n) is 2.61. The number of hydrogen-bond acceptors (Lipinski definition) is 6. The Balaban J connectivity index is 2.32. The molecule has 0 aliphatic carbocycles. The Labute approximate surface area is 146 Å². The van der Waals surface area contributed by atoms with Gasteiger partial charge in [0.2, 0.25) is 0 Å². The van der Waals surface area contributed by atoms with E-state index in [9.17, 15) is 24.3 Å². The zero-order valence-corrected chi connectivity index (χ0v) is 14.3. The molecule has 0 aromatic heterocycles. The summed E-state index contributed by atoms with van der Waals surface area (Å²) in [6.45, 7) is -0.634. The highest BCUT2D eigenvalue weighted by Crippen LogP contribution is 2.35. The summed E-state index contributed by atoms with van der Waals surface area (Å²) in [5, 5.41) is 14.3. The van der Waals surface area contributed by atoms with Crippen molar-refractivity contribution >= 4 is 61.8 Å². The van der Waals surface area contributed by atoms with Crippen molar-refractivity contribution in [1.82, 2.24) is 10.6 Å². The maximum atomic E-state index is 11.7. The van der Waals surface area contributed by atoms with E-state index in [1.807, 2.05) is 10.6 Å². The van der Waals surface area contributed by atoms with Gasteiger partial charge in [-0.15, -0.1) is 0 Å². The summed E-state index contributed by atoms with van der Waals surface area (Å²) in [6.07, 6.45) is 1.27. The zero-order chi connectivity index (χ0) is 17.1. The van der Waals surface area contributed by atoms with E-state index in [-0.39, 0.29) is 11.3 Å². The van der Waals surface area contributed by atoms with Crippen LogP contribution in [0.1, 0.15) is 5.56 Å². The van der Waals surface area contributed by atoms with Gasteiger partial charge in [-0.3, -0.25) is 20.2 Å². The second-order valence-electron chi connectivity index (χ2n) is 4.27. The Morgan fingerprint density at radius 3 is 2.13 bits per heavy atom. The fraction of sp³-hybridized carbons (Fsp3) is 0.0769. The first kappa shape index (κ1) is 17.2. The van der Waals surface area contributed by atoms with E-state index in [1.165, 1.54) is 18.2 Å². The van der Waals surface area contributed by atoms with E-state index in [2.05, 4.69) is 31.9 Å². The van der Waals surface area contributed by atoms with E-state index in [1.54, 1.807) is 0 Å². The van der Waals surface area contributed by atoms with Gasteiger partial charge < -0.3 is 14.6 Å². The third-order valence-corrected chi connectivity index (χ3v) is 3.79. The molecule has 0 bridgehead atoms. The van der Waals surface area contributed by atoms with Crippen molar-refractivity contribution in [3.8, 4) is 5.75 Å². The average Bonchev–Trinajstić information content (AvgIpc) is 2.41. The van der Waals surface area contributed by atoms with Crippen LogP contribution < -0.4 is 20.5 Å². The summed E-state index contributed by atoms with van der Waals surface area (Å²) in [5.41, 5.74) is 0.200. The molecule has 1 aliphatic heterocycles. The molecule has 1 aromatic rings. The number of urea groups is 1. The van der Waals surface area contributed by atoms with Crippen molar-refractivity contribution in [2.45, 2.75) is 0 Å². The lowest BCUT2D eigenvalue weighted by Gasteiger charge is -2.15. The molecule has 0 atom stereocenters. The topological polar surface area (TPSA) is 125 Å². The van der Waals surface area contributed by atoms with Crippen LogP contribution in [0.5, 0.6) is 5.75 Å². The van der Waals surface area contributed by atoms with E-state index in [0.29, 0.717) is 14.5 Å². The predicted molar refractivity (Wildman–Crippen MR) is 82.0 cm³/mol. The number of barbiturate groups is 1. The molecule has 23 heavy (non-hydrogen) atoms. The molecule has 0 saturated carbocycles. The van der Waals surface area contributed by atoms with Crippen LogP contribution in [0, 0.1) is 0 Å². The van der Waals surface area contributed by atoms with Crippen molar-refractivity contribution in [2.24, 2.45) is 0 Å². The Hall–Kier alpha value is -2.20. The largest absolute Gasteiger partial charge is 0.546 e. The first-order valence-electron chi connectivity index (χ1n) is 5.98. The van der Waals surface area contributed by atoms with Gasteiger partial charge in [0.1, 0.15) is 17.9 Å². The van der Waals surface area contributed by atoms with Gasteiger partial charge in [-0.1, -0.05) is 0 Å². The van der Waals surface area contributed by atoms with Crippen LogP contribution in [0.4, 0.5) is 4.79 Å². The second kappa shape index (κ2) is 6.92. The Bertz CT molecular complexity index is 714. The van der Waals surface area contributed by atoms with Crippen LogP contribution in [0.3, 0.4) is 0 Å². The number of halogens is 2. The molecule has 0 radical (unpaired) electrons. The molecule has 2 N–H and O–H groups in total. The number of rotatable bonds is 4. The SMILES string of the molecule is O=C([O-])COc1c(Br)cc(C=C2C(=O)NC(=O)NC2=O)cc1Br. The first-order valence-corrected chi connectivity index (χ1v) is 7.56. The fourth-order valence-electron chi connectivity index (χ4n) is 1.70. The predicted octanol–water partition coefficient (Wildman–Crippen LogP) is 0.0897. The molecule has 120 valence electrons. The fourth-order valence-corrected chi connectivity index (χ4v) is 3.16. The molecular formula is C13H7Br2N2O6-. The number of aliphatic carboxylic acids is 1. The lowest BCUT2D eigenvalue weighted by atomic mass is 10.1. The maximum Gasteiger partial charge on any atom is 0.328 e. The molecule has 10 heteroatoms. The monoisotopic (exact) mass is 445 g/mol. The van der Waals surface area contributed by atoms with Crippen molar-refractivity contribution in [3.05, 3.63) is 32.2 Å². The van der Waals surface area contributed by atoms with Crippen LogP contribution >= 0.6 is 31.9 Å². The molecule has 4 amide bonds. The van der Waals surface area contributed by atoms with E-state index >= 15 is 0 Å². The third kappa shape index (κ3) is 4.17. The first-order chi connectivity index (χ1) is 10.8. The Kier molecular flexibility index (Phi) is 5.16. The summed E-state index contributed by atoms with van der Waals surface area (Å²) >= 11 is 6.40. The number of ether oxygens (including phenoxy) is 1. The summed E-state index contributed by atoms with van der Waals surface area (Å²) in [6, 6.07) is 2.14. The second-order valence-corrected chi connectivity index (χ2v) is 5.98. The lowest BCUT2D eigenvalue weighted by molar-refractivity contribution is -0.307.